The molecule has 1 amide bonds. The maximum absolute atomic E-state index is 12.4. The van der Waals surface area contributed by atoms with Crippen molar-refractivity contribution < 1.29 is 4.79 Å². The van der Waals surface area contributed by atoms with Crippen LogP contribution in [0, 0.1) is 0 Å². The average Bonchev–Trinajstić information content (AvgIpc) is 2.91. The number of aromatic nitrogens is 2. The first-order valence-corrected chi connectivity index (χ1v) is 6.67. The fourth-order valence-corrected chi connectivity index (χ4v) is 2.19. The normalized spacial score (nSPS) is 10.6. The summed E-state index contributed by atoms with van der Waals surface area (Å²) < 4.78 is 0. The molecule has 106 valence electrons. The van der Waals surface area contributed by atoms with Crippen molar-refractivity contribution >= 4 is 28.2 Å². The summed E-state index contributed by atoms with van der Waals surface area (Å²) in [6.07, 6.45) is 0. The number of hydrogen-bond donors (Lipinski definition) is 2. The zero-order valence-electron chi connectivity index (χ0n) is 11.9. The number of hydrogen-bond acceptors (Lipinski definition) is 3. The minimum Gasteiger partial charge on any atom is -0.378 e. The second-order valence-electron chi connectivity index (χ2n) is 5.02. The molecule has 5 nitrogen and oxygen atoms in total. The van der Waals surface area contributed by atoms with Crippen molar-refractivity contribution in [1.82, 2.24) is 10.2 Å². The molecule has 0 fully saturated rings. The molecule has 21 heavy (non-hydrogen) atoms. The molecule has 0 spiro atoms. The largest absolute Gasteiger partial charge is 0.378 e. The number of aromatic amines is 1. The molecule has 1 heterocycles. The molecule has 2 N–H and O–H groups in total. The quantitative estimate of drug-likeness (QED) is 0.775. The lowest BCUT2D eigenvalue weighted by Crippen LogP contribution is -2.14. The SMILES string of the molecule is CN(C)c1cccc(NC(=O)c2n[nH]c3ccccc23)c1. The average molecular weight is 280 g/mol. The van der Waals surface area contributed by atoms with Crippen LogP contribution < -0.4 is 10.2 Å². The Kier molecular flexibility index (Phi) is 3.31. The number of rotatable bonds is 3. The highest BCUT2D eigenvalue weighted by Crippen LogP contribution is 2.20. The van der Waals surface area contributed by atoms with Gasteiger partial charge in [0.2, 0.25) is 0 Å². The Morgan fingerprint density at radius 1 is 1.14 bits per heavy atom. The van der Waals surface area contributed by atoms with Gasteiger partial charge in [0.05, 0.1) is 5.52 Å². The van der Waals surface area contributed by atoms with Crippen molar-refractivity contribution in [3.8, 4) is 0 Å². The van der Waals surface area contributed by atoms with E-state index in [0.29, 0.717) is 5.69 Å². The molecule has 5 heteroatoms. The van der Waals surface area contributed by atoms with Crippen LogP contribution in [0.25, 0.3) is 10.9 Å². The van der Waals surface area contributed by atoms with Crippen LogP contribution in [0.2, 0.25) is 0 Å². The van der Waals surface area contributed by atoms with Crippen LogP contribution in [-0.2, 0) is 0 Å². The minimum absolute atomic E-state index is 0.219. The maximum Gasteiger partial charge on any atom is 0.276 e. The van der Waals surface area contributed by atoms with Crippen molar-refractivity contribution in [1.29, 1.82) is 0 Å². The second-order valence-corrected chi connectivity index (χ2v) is 5.02. The first-order valence-electron chi connectivity index (χ1n) is 6.67. The highest BCUT2D eigenvalue weighted by Gasteiger charge is 2.14. The Labute approximate surface area is 122 Å². The van der Waals surface area contributed by atoms with E-state index in [2.05, 4.69) is 15.5 Å². The Balaban J connectivity index is 1.88. The van der Waals surface area contributed by atoms with Crippen LogP contribution in [0.1, 0.15) is 10.5 Å². The Morgan fingerprint density at radius 3 is 2.76 bits per heavy atom. The second kappa shape index (κ2) is 5.28. The number of amides is 1. The van der Waals surface area contributed by atoms with E-state index in [1.165, 1.54) is 0 Å². The number of H-pyrrole nitrogens is 1. The van der Waals surface area contributed by atoms with Gasteiger partial charge < -0.3 is 10.2 Å². The molecule has 0 atom stereocenters. The molecule has 0 unspecified atom stereocenters. The third-order valence-electron chi connectivity index (χ3n) is 3.31. The molecule has 0 aliphatic rings. The Hall–Kier alpha value is -2.82. The highest BCUT2D eigenvalue weighted by atomic mass is 16.1. The van der Waals surface area contributed by atoms with Gasteiger partial charge in [0, 0.05) is 30.9 Å². The Bertz CT molecular complexity index is 792. The molecule has 0 saturated heterocycles. The number of para-hydroxylation sites is 1. The van der Waals surface area contributed by atoms with E-state index < -0.39 is 0 Å². The van der Waals surface area contributed by atoms with Gasteiger partial charge in [-0.1, -0.05) is 24.3 Å². The van der Waals surface area contributed by atoms with Gasteiger partial charge in [0.15, 0.2) is 5.69 Å². The first kappa shape index (κ1) is 13.2. The fraction of sp³-hybridized carbons (Fsp3) is 0.125. The molecule has 2 aromatic carbocycles. The molecule has 0 bridgehead atoms. The number of benzene rings is 2. The molecular weight excluding hydrogens is 264 g/mol. The fourth-order valence-electron chi connectivity index (χ4n) is 2.19. The summed E-state index contributed by atoms with van der Waals surface area (Å²) in [7, 11) is 3.92. The monoisotopic (exact) mass is 280 g/mol. The number of carbonyl (C=O) groups excluding carboxylic acids is 1. The van der Waals surface area contributed by atoms with E-state index in [0.717, 1.165) is 22.3 Å². The van der Waals surface area contributed by atoms with E-state index in [4.69, 9.17) is 0 Å². The maximum atomic E-state index is 12.4. The topological polar surface area (TPSA) is 61.0 Å². The summed E-state index contributed by atoms with van der Waals surface area (Å²) in [4.78, 5) is 14.3. The minimum atomic E-state index is -0.219. The number of carbonyl (C=O) groups is 1. The van der Waals surface area contributed by atoms with E-state index in [1.54, 1.807) is 0 Å². The molecule has 0 saturated carbocycles. The molecular formula is C16H16N4O. The van der Waals surface area contributed by atoms with Crippen molar-refractivity contribution in [2.45, 2.75) is 0 Å². The van der Waals surface area contributed by atoms with Gasteiger partial charge in [-0.3, -0.25) is 9.89 Å². The number of nitrogens with one attached hydrogen (secondary N) is 2. The smallest absolute Gasteiger partial charge is 0.276 e. The van der Waals surface area contributed by atoms with E-state index in [1.807, 2.05) is 67.5 Å². The van der Waals surface area contributed by atoms with Crippen molar-refractivity contribution in [2.75, 3.05) is 24.3 Å². The summed E-state index contributed by atoms with van der Waals surface area (Å²) in [5.41, 5.74) is 3.03. The zero-order chi connectivity index (χ0) is 14.8. The van der Waals surface area contributed by atoms with Crippen LogP contribution in [0.3, 0.4) is 0 Å². The Morgan fingerprint density at radius 2 is 1.95 bits per heavy atom. The summed E-state index contributed by atoms with van der Waals surface area (Å²) in [5.74, 6) is -0.219. The lowest BCUT2D eigenvalue weighted by molar-refractivity contribution is 0.102. The molecule has 0 aliphatic heterocycles. The molecule has 0 radical (unpaired) electrons. The van der Waals surface area contributed by atoms with Crippen LogP contribution in [-0.4, -0.2) is 30.2 Å². The third-order valence-corrected chi connectivity index (χ3v) is 3.31. The van der Waals surface area contributed by atoms with Crippen LogP contribution in [0.5, 0.6) is 0 Å². The van der Waals surface area contributed by atoms with Gasteiger partial charge in [0.1, 0.15) is 0 Å². The summed E-state index contributed by atoms with van der Waals surface area (Å²) >= 11 is 0. The van der Waals surface area contributed by atoms with Crippen molar-refractivity contribution in [2.24, 2.45) is 0 Å². The van der Waals surface area contributed by atoms with Crippen LogP contribution >= 0.6 is 0 Å². The van der Waals surface area contributed by atoms with E-state index in [9.17, 15) is 4.79 Å². The molecule has 0 aliphatic carbocycles. The molecule has 3 rings (SSSR count). The first-order chi connectivity index (χ1) is 10.1. The number of anilines is 2. The van der Waals surface area contributed by atoms with Gasteiger partial charge in [-0.2, -0.15) is 5.10 Å². The van der Waals surface area contributed by atoms with E-state index >= 15 is 0 Å². The standard InChI is InChI=1S/C16H16N4O/c1-20(2)12-7-5-6-11(10-12)17-16(21)15-13-8-3-4-9-14(13)18-19-15/h3-10H,1-2H3,(H,17,21)(H,18,19). The number of nitrogens with zero attached hydrogens (tertiary/aromatic N) is 2. The molecule has 1 aromatic heterocycles. The number of fused-ring (bicyclic) bond motifs is 1. The highest BCUT2D eigenvalue weighted by molar-refractivity contribution is 6.11. The van der Waals surface area contributed by atoms with Crippen LogP contribution in [0.15, 0.2) is 48.5 Å². The van der Waals surface area contributed by atoms with Gasteiger partial charge in [-0.15, -0.1) is 0 Å². The van der Waals surface area contributed by atoms with Gasteiger partial charge in [-0.05, 0) is 24.3 Å². The van der Waals surface area contributed by atoms with Gasteiger partial charge in [-0.25, -0.2) is 0 Å². The van der Waals surface area contributed by atoms with Crippen molar-refractivity contribution in [3.05, 3.63) is 54.2 Å². The predicted octanol–water partition coefficient (Wildman–Crippen LogP) is 2.88. The lowest BCUT2D eigenvalue weighted by atomic mass is 10.2. The lowest BCUT2D eigenvalue weighted by Gasteiger charge is -2.13. The van der Waals surface area contributed by atoms with Gasteiger partial charge >= 0.3 is 0 Å². The van der Waals surface area contributed by atoms with Crippen molar-refractivity contribution in [3.63, 3.8) is 0 Å². The predicted molar refractivity (Wildman–Crippen MR) is 84.8 cm³/mol. The summed E-state index contributed by atoms with van der Waals surface area (Å²) in [6.45, 7) is 0. The summed E-state index contributed by atoms with van der Waals surface area (Å²) in [6, 6.07) is 15.2. The summed E-state index contributed by atoms with van der Waals surface area (Å²) in [5, 5.41) is 10.7. The molecule has 3 aromatic rings. The zero-order valence-corrected chi connectivity index (χ0v) is 11.9. The van der Waals surface area contributed by atoms with Gasteiger partial charge in [0.25, 0.3) is 5.91 Å². The van der Waals surface area contributed by atoms with E-state index in [-0.39, 0.29) is 5.91 Å². The third kappa shape index (κ3) is 2.58. The van der Waals surface area contributed by atoms with Crippen LogP contribution in [0.4, 0.5) is 11.4 Å².